The average molecular weight is 192 g/mol. The molecule has 0 aliphatic rings. The van der Waals surface area contributed by atoms with Crippen LogP contribution in [0.5, 0.6) is 0 Å². The van der Waals surface area contributed by atoms with Gasteiger partial charge in [0.05, 0.1) is 0 Å². The number of hydrogen-bond acceptors (Lipinski definition) is 2. The zero-order valence-electron chi connectivity index (χ0n) is 8.87. The molecule has 1 rings (SSSR count). The van der Waals surface area contributed by atoms with Gasteiger partial charge in [-0.3, -0.25) is 4.79 Å². The molecule has 1 aromatic heterocycles. The summed E-state index contributed by atoms with van der Waals surface area (Å²) in [5, 5.41) is 2.78. The predicted molar refractivity (Wildman–Crippen MR) is 56.9 cm³/mol. The molecule has 0 saturated heterocycles. The second-order valence-corrected chi connectivity index (χ2v) is 3.91. The molecular formula is C11H16N2O. The number of hydrogen-bond donors (Lipinski definition) is 1. The number of nitrogens with zero attached hydrogens (tertiary/aromatic N) is 1. The Morgan fingerprint density at radius 2 is 2.21 bits per heavy atom. The van der Waals surface area contributed by atoms with Crippen LogP contribution in [-0.2, 0) is 4.79 Å². The fourth-order valence-electron chi connectivity index (χ4n) is 0.883. The van der Waals surface area contributed by atoms with Crippen LogP contribution in [-0.4, -0.2) is 10.9 Å². The summed E-state index contributed by atoms with van der Waals surface area (Å²) in [5.41, 5.74) is -0.336. The molecule has 0 aliphatic heterocycles. The Balaban J connectivity index is 2.67. The van der Waals surface area contributed by atoms with Crippen LogP contribution < -0.4 is 5.32 Å². The highest BCUT2D eigenvalue weighted by Gasteiger charge is 2.25. The smallest absolute Gasteiger partial charge is 0.231 e. The first-order chi connectivity index (χ1) is 6.56. The molecule has 0 radical (unpaired) electrons. The molecular weight excluding hydrogens is 176 g/mol. The van der Waals surface area contributed by atoms with E-state index in [0.717, 1.165) is 6.42 Å². The summed E-state index contributed by atoms with van der Waals surface area (Å²) in [6.07, 6.45) is 2.47. The number of amides is 1. The minimum atomic E-state index is -0.336. The summed E-state index contributed by atoms with van der Waals surface area (Å²) in [5.74, 6) is 0.623. The number of aromatic nitrogens is 1. The normalized spacial score (nSPS) is 11.1. The first-order valence-electron chi connectivity index (χ1n) is 4.79. The summed E-state index contributed by atoms with van der Waals surface area (Å²) >= 11 is 0. The molecule has 0 atom stereocenters. The molecule has 0 unspecified atom stereocenters. The molecule has 14 heavy (non-hydrogen) atoms. The minimum absolute atomic E-state index is 0.0127. The quantitative estimate of drug-likeness (QED) is 0.799. The van der Waals surface area contributed by atoms with Crippen molar-refractivity contribution in [1.82, 2.24) is 4.98 Å². The summed E-state index contributed by atoms with van der Waals surface area (Å²) in [7, 11) is 0. The molecule has 1 heterocycles. The molecule has 76 valence electrons. The van der Waals surface area contributed by atoms with Crippen LogP contribution in [0.1, 0.15) is 27.2 Å². The van der Waals surface area contributed by atoms with Crippen molar-refractivity contribution in [1.29, 1.82) is 0 Å². The van der Waals surface area contributed by atoms with Crippen molar-refractivity contribution >= 4 is 11.7 Å². The van der Waals surface area contributed by atoms with Gasteiger partial charge in [-0.1, -0.05) is 26.8 Å². The maximum atomic E-state index is 11.7. The average Bonchev–Trinajstić information content (AvgIpc) is 2.19. The summed E-state index contributed by atoms with van der Waals surface area (Å²) in [6, 6.07) is 5.45. The summed E-state index contributed by atoms with van der Waals surface area (Å²) in [4.78, 5) is 15.7. The van der Waals surface area contributed by atoms with Crippen molar-refractivity contribution in [3.8, 4) is 0 Å². The Morgan fingerprint density at radius 1 is 1.50 bits per heavy atom. The molecule has 0 aliphatic carbocycles. The lowest BCUT2D eigenvalue weighted by Gasteiger charge is -2.20. The summed E-state index contributed by atoms with van der Waals surface area (Å²) in [6.45, 7) is 5.84. The summed E-state index contributed by atoms with van der Waals surface area (Å²) < 4.78 is 0. The molecule has 3 heteroatoms. The highest BCUT2D eigenvalue weighted by Crippen LogP contribution is 2.21. The third-order valence-electron chi connectivity index (χ3n) is 2.41. The molecule has 0 bridgehead atoms. The van der Waals surface area contributed by atoms with Gasteiger partial charge in [-0.05, 0) is 18.6 Å². The third kappa shape index (κ3) is 2.55. The number of nitrogens with one attached hydrogen (secondary N) is 1. The highest BCUT2D eigenvalue weighted by atomic mass is 16.2. The van der Waals surface area contributed by atoms with Crippen molar-refractivity contribution in [2.24, 2.45) is 5.41 Å². The Hall–Kier alpha value is -1.38. The van der Waals surface area contributed by atoms with Crippen molar-refractivity contribution < 1.29 is 4.79 Å². The van der Waals surface area contributed by atoms with Crippen molar-refractivity contribution in [3.05, 3.63) is 24.4 Å². The van der Waals surface area contributed by atoms with Crippen LogP contribution in [0, 0.1) is 5.41 Å². The number of rotatable bonds is 3. The van der Waals surface area contributed by atoms with E-state index in [9.17, 15) is 4.79 Å². The fourth-order valence-corrected chi connectivity index (χ4v) is 0.883. The van der Waals surface area contributed by atoms with Gasteiger partial charge < -0.3 is 5.32 Å². The van der Waals surface area contributed by atoms with E-state index in [1.54, 1.807) is 12.3 Å². The fraction of sp³-hybridized carbons (Fsp3) is 0.455. The Labute approximate surface area is 84.6 Å². The van der Waals surface area contributed by atoms with Crippen LogP contribution in [0.3, 0.4) is 0 Å². The number of carbonyl (C=O) groups excluding carboxylic acids is 1. The van der Waals surface area contributed by atoms with Gasteiger partial charge in [0.15, 0.2) is 0 Å². The lowest BCUT2D eigenvalue weighted by atomic mass is 9.89. The van der Waals surface area contributed by atoms with E-state index in [1.165, 1.54) is 0 Å². The zero-order valence-corrected chi connectivity index (χ0v) is 8.87. The lowest BCUT2D eigenvalue weighted by Crippen LogP contribution is -2.30. The van der Waals surface area contributed by atoms with Crippen molar-refractivity contribution in [2.45, 2.75) is 27.2 Å². The van der Waals surface area contributed by atoms with Gasteiger partial charge in [0, 0.05) is 11.6 Å². The van der Waals surface area contributed by atoms with E-state index in [0.29, 0.717) is 5.82 Å². The standard InChI is InChI=1S/C11H16N2O/c1-4-11(2,3)10(14)13-9-7-5-6-8-12-9/h5-8H,4H2,1-3H3,(H,12,13,14). The maximum absolute atomic E-state index is 11.7. The van der Waals surface area contributed by atoms with Crippen molar-refractivity contribution in [2.75, 3.05) is 5.32 Å². The molecule has 1 aromatic rings. The maximum Gasteiger partial charge on any atom is 0.231 e. The van der Waals surface area contributed by atoms with Crippen molar-refractivity contribution in [3.63, 3.8) is 0 Å². The van der Waals surface area contributed by atoms with E-state index in [-0.39, 0.29) is 11.3 Å². The van der Waals surface area contributed by atoms with Gasteiger partial charge in [-0.25, -0.2) is 4.98 Å². The first kappa shape index (κ1) is 10.7. The van der Waals surface area contributed by atoms with Crippen LogP contribution in [0.25, 0.3) is 0 Å². The van der Waals surface area contributed by atoms with Gasteiger partial charge >= 0.3 is 0 Å². The monoisotopic (exact) mass is 192 g/mol. The van der Waals surface area contributed by atoms with Crippen LogP contribution in [0.2, 0.25) is 0 Å². The van der Waals surface area contributed by atoms with E-state index in [2.05, 4.69) is 10.3 Å². The Morgan fingerprint density at radius 3 is 2.71 bits per heavy atom. The van der Waals surface area contributed by atoms with Gasteiger partial charge in [0.1, 0.15) is 5.82 Å². The second-order valence-electron chi connectivity index (χ2n) is 3.91. The predicted octanol–water partition coefficient (Wildman–Crippen LogP) is 2.46. The van der Waals surface area contributed by atoms with E-state index < -0.39 is 0 Å². The van der Waals surface area contributed by atoms with Crippen LogP contribution in [0.4, 0.5) is 5.82 Å². The molecule has 0 fully saturated rings. The molecule has 0 aromatic carbocycles. The minimum Gasteiger partial charge on any atom is -0.310 e. The molecule has 1 amide bonds. The number of anilines is 1. The van der Waals surface area contributed by atoms with Crippen LogP contribution >= 0.6 is 0 Å². The van der Waals surface area contributed by atoms with Crippen LogP contribution in [0.15, 0.2) is 24.4 Å². The number of carbonyl (C=O) groups is 1. The topological polar surface area (TPSA) is 42.0 Å². The Bertz CT molecular complexity index is 306. The zero-order chi connectivity index (χ0) is 10.6. The van der Waals surface area contributed by atoms with E-state index in [1.807, 2.05) is 32.9 Å². The van der Waals surface area contributed by atoms with Gasteiger partial charge in [0.25, 0.3) is 0 Å². The van der Waals surface area contributed by atoms with Gasteiger partial charge in [-0.15, -0.1) is 0 Å². The molecule has 0 saturated carbocycles. The Kier molecular flexibility index (Phi) is 3.23. The highest BCUT2D eigenvalue weighted by molar-refractivity contribution is 5.93. The third-order valence-corrected chi connectivity index (χ3v) is 2.41. The SMILES string of the molecule is CCC(C)(C)C(=O)Nc1ccccn1. The largest absolute Gasteiger partial charge is 0.310 e. The second kappa shape index (κ2) is 4.22. The number of pyridine rings is 1. The van der Waals surface area contributed by atoms with E-state index >= 15 is 0 Å². The molecule has 3 nitrogen and oxygen atoms in total. The molecule has 1 N–H and O–H groups in total. The first-order valence-corrected chi connectivity index (χ1v) is 4.79. The lowest BCUT2D eigenvalue weighted by molar-refractivity contribution is -0.124. The van der Waals surface area contributed by atoms with E-state index in [4.69, 9.17) is 0 Å². The molecule has 0 spiro atoms. The van der Waals surface area contributed by atoms with Gasteiger partial charge in [0.2, 0.25) is 5.91 Å². The van der Waals surface area contributed by atoms with Gasteiger partial charge in [-0.2, -0.15) is 0 Å².